The van der Waals surface area contributed by atoms with Crippen molar-refractivity contribution in [3.63, 3.8) is 0 Å². The first kappa shape index (κ1) is 12.0. The minimum absolute atomic E-state index is 0.150. The van der Waals surface area contributed by atoms with E-state index in [0.717, 1.165) is 0 Å². The van der Waals surface area contributed by atoms with Crippen molar-refractivity contribution in [3.8, 4) is 5.75 Å². The minimum Gasteiger partial charge on any atom is -0.491 e. The second-order valence-electron chi connectivity index (χ2n) is 3.32. The van der Waals surface area contributed by atoms with Crippen LogP contribution in [-0.2, 0) is 9.59 Å². The van der Waals surface area contributed by atoms with Crippen LogP contribution in [0, 0.1) is 0 Å². The van der Waals surface area contributed by atoms with Crippen LogP contribution in [0.25, 0.3) is 0 Å². The summed E-state index contributed by atoms with van der Waals surface area (Å²) in [5.74, 6) is -0.319. The maximum atomic E-state index is 11.1. The molecule has 0 aliphatic heterocycles. The third-order valence-corrected chi connectivity index (χ3v) is 1.93. The van der Waals surface area contributed by atoms with Crippen molar-refractivity contribution >= 4 is 17.4 Å². The molecule has 0 unspecified atom stereocenters. The van der Waals surface area contributed by atoms with Gasteiger partial charge in [-0.2, -0.15) is 0 Å². The number of hydrogen-bond acceptors (Lipinski definition) is 4. The van der Waals surface area contributed by atoms with Gasteiger partial charge in [0.25, 0.3) is 0 Å². The Balaban J connectivity index is 2.33. The lowest BCUT2D eigenvalue weighted by Crippen LogP contribution is -2.17. The molecule has 0 fully saturated rings. The van der Waals surface area contributed by atoms with Crippen LogP contribution >= 0.6 is 0 Å². The Labute approximate surface area is 93.4 Å². The average molecular weight is 222 g/mol. The monoisotopic (exact) mass is 222 g/mol. The second kappa shape index (κ2) is 5.75. The number of Topliss-reactive ketones (excluding diaryl/α,β-unsaturated/α-hetero) is 1. The van der Waals surface area contributed by atoms with E-state index in [-0.39, 0.29) is 25.2 Å². The second-order valence-corrected chi connectivity index (χ2v) is 3.32. The van der Waals surface area contributed by atoms with Gasteiger partial charge < -0.3 is 16.2 Å². The summed E-state index contributed by atoms with van der Waals surface area (Å²) in [4.78, 5) is 21.6. The van der Waals surface area contributed by atoms with Crippen LogP contribution in [0.15, 0.2) is 24.3 Å². The van der Waals surface area contributed by atoms with Crippen molar-refractivity contribution in [1.29, 1.82) is 0 Å². The van der Waals surface area contributed by atoms with Gasteiger partial charge in [-0.3, -0.25) is 9.59 Å². The summed E-state index contributed by atoms with van der Waals surface area (Å²) >= 11 is 0. The van der Waals surface area contributed by atoms with Gasteiger partial charge in [0.15, 0.2) is 0 Å². The third-order valence-electron chi connectivity index (χ3n) is 1.93. The Morgan fingerprint density at radius 3 is 2.56 bits per heavy atom. The third kappa shape index (κ3) is 4.00. The number of carbonyl (C=O) groups is 2. The lowest BCUT2D eigenvalue weighted by Gasteiger charge is -2.07. The van der Waals surface area contributed by atoms with Crippen molar-refractivity contribution in [1.82, 2.24) is 0 Å². The van der Waals surface area contributed by atoms with Gasteiger partial charge in [0.1, 0.15) is 11.5 Å². The van der Waals surface area contributed by atoms with Gasteiger partial charge in [0.05, 0.1) is 18.7 Å². The van der Waals surface area contributed by atoms with Gasteiger partial charge in [0.2, 0.25) is 5.91 Å². The van der Waals surface area contributed by atoms with E-state index in [4.69, 9.17) is 16.2 Å². The van der Waals surface area contributed by atoms with E-state index in [9.17, 15) is 9.59 Å². The largest absolute Gasteiger partial charge is 0.491 e. The molecule has 86 valence electrons. The highest BCUT2D eigenvalue weighted by atomic mass is 16.5. The highest BCUT2D eigenvalue weighted by Crippen LogP contribution is 2.19. The summed E-state index contributed by atoms with van der Waals surface area (Å²) in [7, 11) is 0. The summed E-state index contributed by atoms with van der Waals surface area (Å²) in [5, 5.41) is 0. The van der Waals surface area contributed by atoms with Gasteiger partial charge in [-0.05, 0) is 12.1 Å². The zero-order valence-electron chi connectivity index (χ0n) is 8.81. The molecule has 1 amide bonds. The summed E-state index contributed by atoms with van der Waals surface area (Å²) in [6.45, 7) is 0.195. The van der Waals surface area contributed by atoms with Gasteiger partial charge in [0, 0.05) is 6.42 Å². The number of para-hydroxylation sites is 2. The number of ketones is 1. The van der Waals surface area contributed by atoms with E-state index in [2.05, 4.69) is 0 Å². The number of ether oxygens (including phenoxy) is 1. The molecule has 0 radical (unpaired) electrons. The highest BCUT2D eigenvalue weighted by molar-refractivity contribution is 5.97. The molecule has 0 atom stereocenters. The van der Waals surface area contributed by atoms with Crippen molar-refractivity contribution in [3.05, 3.63) is 24.3 Å². The van der Waals surface area contributed by atoms with E-state index in [0.29, 0.717) is 11.4 Å². The Morgan fingerprint density at radius 1 is 1.25 bits per heavy atom. The first-order valence-corrected chi connectivity index (χ1v) is 4.87. The first-order chi connectivity index (χ1) is 7.59. The molecular formula is C11H14N2O3. The van der Waals surface area contributed by atoms with E-state index >= 15 is 0 Å². The van der Waals surface area contributed by atoms with Crippen molar-refractivity contribution in [2.75, 3.05) is 12.3 Å². The summed E-state index contributed by atoms with van der Waals surface area (Å²) in [5.41, 5.74) is 11.0. The zero-order chi connectivity index (χ0) is 12.0. The molecule has 0 spiro atoms. The quantitative estimate of drug-likeness (QED) is 0.540. The molecule has 1 rings (SSSR count). The minimum atomic E-state index is -0.621. The topological polar surface area (TPSA) is 95.4 Å². The molecule has 1 aromatic rings. The Morgan fingerprint density at radius 2 is 1.94 bits per heavy atom. The number of nitrogens with two attached hydrogens (primary N) is 2. The number of rotatable bonds is 6. The summed E-state index contributed by atoms with van der Waals surface area (Å²) < 4.78 is 5.29. The van der Waals surface area contributed by atoms with E-state index in [1.165, 1.54) is 0 Å². The number of primary amides is 1. The molecule has 0 saturated carbocycles. The fraction of sp³-hybridized carbons (Fsp3) is 0.273. The number of anilines is 1. The lowest BCUT2D eigenvalue weighted by molar-refractivity contribution is -0.126. The van der Waals surface area contributed by atoms with E-state index in [1.807, 2.05) is 0 Å². The molecule has 0 aliphatic carbocycles. The molecule has 0 aromatic heterocycles. The SMILES string of the molecule is NC(=O)CC(=O)CCOc1ccccc1N. The predicted octanol–water partition coefficient (Wildman–Crippen LogP) is 0.482. The number of benzene rings is 1. The number of carbonyl (C=O) groups excluding carboxylic acids is 2. The fourth-order valence-corrected chi connectivity index (χ4v) is 1.17. The van der Waals surface area contributed by atoms with E-state index in [1.54, 1.807) is 24.3 Å². The molecule has 0 saturated heterocycles. The van der Waals surface area contributed by atoms with Gasteiger partial charge >= 0.3 is 0 Å². The Kier molecular flexibility index (Phi) is 4.32. The number of nitrogen functional groups attached to an aromatic ring is 1. The summed E-state index contributed by atoms with van der Waals surface area (Å²) in [6, 6.07) is 7.01. The van der Waals surface area contributed by atoms with Crippen molar-refractivity contribution in [2.24, 2.45) is 5.73 Å². The van der Waals surface area contributed by atoms with Gasteiger partial charge in [-0.25, -0.2) is 0 Å². The maximum Gasteiger partial charge on any atom is 0.224 e. The zero-order valence-corrected chi connectivity index (χ0v) is 8.81. The van der Waals surface area contributed by atoms with Gasteiger partial charge in [-0.1, -0.05) is 12.1 Å². The Hall–Kier alpha value is -2.04. The molecule has 0 aliphatic rings. The van der Waals surface area contributed by atoms with Crippen LogP contribution < -0.4 is 16.2 Å². The Bertz CT molecular complexity index is 391. The lowest BCUT2D eigenvalue weighted by atomic mass is 10.2. The molecule has 5 nitrogen and oxygen atoms in total. The number of hydrogen-bond donors (Lipinski definition) is 2. The smallest absolute Gasteiger partial charge is 0.224 e. The molecule has 5 heteroatoms. The molecule has 0 bridgehead atoms. The number of amides is 1. The maximum absolute atomic E-state index is 11.1. The van der Waals surface area contributed by atoms with Crippen molar-refractivity contribution in [2.45, 2.75) is 12.8 Å². The van der Waals surface area contributed by atoms with Crippen LogP contribution in [0.1, 0.15) is 12.8 Å². The molecule has 16 heavy (non-hydrogen) atoms. The fourth-order valence-electron chi connectivity index (χ4n) is 1.17. The van der Waals surface area contributed by atoms with Gasteiger partial charge in [-0.15, -0.1) is 0 Å². The van der Waals surface area contributed by atoms with Crippen LogP contribution in [-0.4, -0.2) is 18.3 Å². The highest BCUT2D eigenvalue weighted by Gasteiger charge is 2.06. The average Bonchev–Trinajstić information content (AvgIpc) is 2.19. The van der Waals surface area contributed by atoms with Crippen LogP contribution in [0.2, 0.25) is 0 Å². The normalized spacial score (nSPS) is 9.75. The molecule has 4 N–H and O–H groups in total. The van der Waals surface area contributed by atoms with E-state index < -0.39 is 5.91 Å². The molecular weight excluding hydrogens is 208 g/mol. The van der Waals surface area contributed by atoms with Crippen LogP contribution in [0.4, 0.5) is 5.69 Å². The van der Waals surface area contributed by atoms with Crippen molar-refractivity contribution < 1.29 is 14.3 Å². The van der Waals surface area contributed by atoms with Crippen LogP contribution in [0.5, 0.6) is 5.75 Å². The predicted molar refractivity (Wildman–Crippen MR) is 59.8 cm³/mol. The molecule has 1 aromatic carbocycles. The first-order valence-electron chi connectivity index (χ1n) is 4.87. The molecule has 0 heterocycles. The standard InChI is InChI=1S/C11H14N2O3/c12-9-3-1-2-4-10(9)16-6-5-8(14)7-11(13)15/h1-4H,5-7,12H2,(H2,13,15). The summed E-state index contributed by atoms with van der Waals surface area (Å²) in [6.07, 6.45) is -0.0924. The van der Waals surface area contributed by atoms with Crippen LogP contribution in [0.3, 0.4) is 0 Å².